The Morgan fingerprint density at radius 1 is 0.621 bits per heavy atom. The molecule has 0 spiro atoms. The highest BCUT2D eigenvalue weighted by Crippen LogP contribution is 2.55. The van der Waals surface area contributed by atoms with Crippen molar-refractivity contribution in [3.63, 3.8) is 0 Å². The summed E-state index contributed by atoms with van der Waals surface area (Å²) in [4.78, 5) is 0. The van der Waals surface area contributed by atoms with Crippen LogP contribution in [0.5, 0.6) is 0 Å². The van der Waals surface area contributed by atoms with Gasteiger partial charge in [0, 0.05) is 17.7 Å². The summed E-state index contributed by atoms with van der Waals surface area (Å²) in [5.74, 6) is -26.4. The summed E-state index contributed by atoms with van der Waals surface area (Å²) in [5, 5.41) is 8.67. The summed E-state index contributed by atoms with van der Waals surface area (Å²) < 4.78 is 181. The van der Waals surface area contributed by atoms with Gasteiger partial charge in [0.15, 0.2) is 0 Å². The molecule has 1 N–H and O–H groups in total. The minimum absolute atomic E-state index is 0.0817. The van der Waals surface area contributed by atoms with Crippen molar-refractivity contribution in [2.45, 2.75) is 42.5 Å². The van der Waals surface area contributed by atoms with Crippen LogP contribution in [0.1, 0.15) is 16.7 Å². The minimum atomic E-state index is -6.94. The quantitative estimate of drug-likeness (QED) is 0.535. The molecule has 0 aliphatic carbocycles. The molecule has 0 bridgehead atoms. The molecule has 0 aliphatic heterocycles. The largest absolute Gasteiger partial charge is 0.460 e. The maximum absolute atomic E-state index is 13.9. The van der Waals surface area contributed by atoms with Gasteiger partial charge in [0.1, 0.15) is 0 Å². The molecule has 0 saturated heterocycles. The molecule has 168 valence electrons. The average Bonchev–Trinajstić information content (AvgIpc) is 2.52. The van der Waals surface area contributed by atoms with Crippen LogP contribution in [-0.2, 0) is 18.3 Å². The Balaban J connectivity index is 3.78. The van der Waals surface area contributed by atoms with Crippen LogP contribution in [0, 0.1) is 0 Å². The van der Waals surface area contributed by atoms with Crippen molar-refractivity contribution in [1.29, 1.82) is 0 Å². The van der Waals surface area contributed by atoms with Gasteiger partial charge in [0.25, 0.3) is 0 Å². The molecule has 0 atom stereocenters. The van der Waals surface area contributed by atoms with E-state index in [4.69, 9.17) is 5.11 Å². The fraction of sp³-hybridized carbons (Fsp3) is 0.571. The van der Waals surface area contributed by atoms with Crippen molar-refractivity contribution in [2.24, 2.45) is 0 Å². The van der Waals surface area contributed by atoms with Crippen molar-refractivity contribution in [3.05, 3.63) is 34.9 Å². The Hall–Kier alpha value is -1.80. The first kappa shape index (κ1) is 25.2. The van der Waals surface area contributed by atoms with Crippen LogP contribution in [0.4, 0.5) is 61.5 Å². The molecule has 0 fully saturated rings. The Morgan fingerprint density at radius 3 is 1.41 bits per heavy atom. The van der Waals surface area contributed by atoms with Crippen molar-refractivity contribution >= 4 is 0 Å². The molecule has 0 unspecified atom stereocenters. The normalized spacial score (nSPS) is 15.0. The minimum Gasteiger partial charge on any atom is -0.396 e. The molecule has 1 aromatic carbocycles. The molecular weight excluding hydrogens is 450 g/mol. The third kappa shape index (κ3) is 3.97. The third-order valence-corrected chi connectivity index (χ3v) is 3.69. The highest BCUT2D eigenvalue weighted by Gasteiger charge is 2.75. The lowest BCUT2D eigenvalue weighted by Gasteiger charge is -2.32. The standard InChI is InChI=1S/C14H8F14O/c15-9(16,11(19,20)13(23,24)25)7-2-1-6(3-4-29)8(5-7)10(17,18)12(21,22)14(26,27)28/h1-2,5,29H,3-4H2. The van der Waals surface area contributed by atoms with Gasteiger partial charge in [-0.15, -0.1) is 0 Å². The van der Waals surface area contributed by atoms with Crippen molar-refractivity contribution in [2.75, 3.05) is 6.61 Å². The van der Waals surface area contributed by atoms with Crippen LogP contribution >= 0.6 is 0 Å². The Kier molecular flexibility index (Phi) is 6.23. The van der Waals surface area contributed by atoms with E-state index in [0.29, 0.717) is 0 Å². The summed E-state index contributed by atoms with van der Waals surface area (Å²) in [6.07, 6.45) is -15.0. The molecule has 1 nitrogen and oxygen atoms in total. The highest BCUT2D eigenvalue weighted by atomic mass is 19.4. The molecule has 29 heavy (non-hydrogen) atoms. The van der Waals surface area contributed by atoms with E-state index in [1.54, 1.807) is 0 Å². The summed E-state index contributed by atoms with van der Waals surface area (Å²) in [6, 6.07) is -1.36. The molecule has 0 radical (unpaired) electrons. The summed E-state index contributed by atoms with van der Waals surface area (Å²) >= 11 is 0. The van der Waals surface area contributed by atoms with Crippen LogP contribution < -0.4 is 0 Å². The maximum atomic E-state index is 13.9. The van der Waals surface area contributed by atoms with Crippen LogP contribution in [-0.4, -0.2) is 35.9 Å². The summed E-state index contributed by atoms with van der Waals surface area (Å²) in [6.45, 7) is -1.19. The molecule has 0 aromatic heterocycles. The number of aliphatic hydroxyl groups excluding tert-OH is 1. The van der Waals surface area contributed by atoms with Gasteiger partial charge in [0.2, 0.25) is 0 Å². The second-order valence-corrected chi connectivity index (χ2v) is 5.64. The molecule has 0 aliphatic rings. The summed E-state index contributed by atoms with van der Waals surface area (Å²) in [7, 11) is 0. The fourth-order valence-corrected chi connectivity index (χ4v) is 2.11. The molecule has 1 aromatic rings. The predicted octanol–water partition coefficient (Wildman–Crippen LogP) is 5.80. The van der Waals surface area contributed by atoms with E-state index in [1.165, 1.54) is 0 Å². The van der Waals surface area contributed by atoms with Gasteiger partial charge in [-0.25, -0.2) is 0 Å². The lowest BCUT2D eigenvalue weighted by Crippen LogP contribution is -2.51. The van der Waals surface area contributed by atoms with Crippen molar-refractivity contribution < 1.29 is 66.6 Å². The maximum Gasteiger partial charge on any atom is 0.460 e. The van der Waals surface area contributed by atoms with Crippen LogP contribution in [0.25, 0.3) is 0 Å². The van der Waals surface area contributed by atoms with Crippen LogP contribution in [0.3, 0.4) is 0 Å². The van der Waals surface area contributed by atoms with E-state index in [-0.39, 0.29) is 12.1 Å². The Morgan fingerprint density at radius 2 is 1.03 bits per heavy atom. The second kappa shape index (κ2) is 7.16. The molecule has 1 rings (SSSR count). The number of benzene rings is 1. The van der Waals surface area contributed by atoms with Gasteiger partial charge in [0.05, 0.1) is 0 Å². The average molecular weight is 458 g/mol. The van der Waals surface area contributed by atoms with Crippen molar-refractivity contribution in [3.8, 4) is 0 Å². The van der Waals surface area contributed by atoms with Gasteiger partial charge in [-0.05, 0) is 18.1 Å². The number of halogens is 14. The van der Waals surface area contributed by atoms with Crippen molar-refractivity contribution in [1.82, 2.24) is 0 Å². The SMILES string of the molecule is OCCc1ccc(C(F)(F)C(F)(F)C(F)(F)F)cc1C(F)(F)C(F)(F)C(F)(F)F. The van der Waals surface area contributed by atoms with Gasteiger partial charge >= 0.3 is 36.0 Å². The lowest BCUT2D eigenvalue weighted by atomic mass is 9.90. The molecule has 0 saturated carbocycles. The van der Waals surface area contributed by atoms with E-state index in [0.717, 1.165) is 0 Å². The monoisotopic (exact) mass is 458 g/mol. The van der Waals surface area contributed by atoms with E-state index in [1.807, 2.05) is 0 Å². The topological polar surface area (TPSA) is 20.2 Å². The first-order chi connectivity index (χ1) is 12.7. The smallest absolute Gasteiger partial charge is 0.396 e. The highest BCUT2D eigenvalue weighted by molar-refractivity contribution is 5.39. The van der Waals surface area contributed by atoms with E-state index in [2.05, 4.69) is 0 Å². The number of alkyl halides is 14. The molecule has 0 amide bonds. The first-order valence-corrected chi connectivity index (χ1v) is 7.05. The second-order valence-electron chi connectivity index (χ2n) is 5.64. The zero-order valence-electron chi connectivity index (χ0n) is 13.4. The number of rotatable bonds is 6. The summed E-state index contributed by atoms with van der Waals surface area (Å²) in [5.41, 5.74) is -6.49. The molecule has 0 heterocycles. The van der Waals surface area contributed by atoms with Gasteiger partial charge in [-0.3, -0.25) is 0 Å². The first-order valence-electron chi connectivity index (χ1n) is 7.05. The Bertz CT molecular complexity index is 731. The Labute approximate surface area is 151 Å². The number of aliphatic hydroxyl groups is 1. The third-order valence-electron chi connectivity index (χ3n) is 3.69. The van der Waals surface area contributed by atoms with E-state index < -0.39 is 71.8 Å². The zero-order valence-corrected chi connectivity index (χ0v) is 13.4. The van der Waals surface area contributed by atoms with E-state index in [9.17, 15) is 61.5 Å². The fourth-order valence-electron chi connectivity index (χ4n) is 2.11. The van der Waals surface area contributed by atoms with Gasteiger partial charge in [-0.2, -0.15) is 61.5 Å². The predicted molar refractivity (Wildman–Crippen MR) is 67.0 cm³/mol. The van der Waals surface area contributed by atoms with Gasteiger partial charge < -0.3 is 5.11 Å². The lowest BCUT2D eigenvalue weighted by molar-refractivity contribution is -0.361. The molecule has 15 heteroatoms. The number of hydrogen-bond donors (Lipinski definition) is 1. The van der Waals surface area contributed by atoms with E-state index >= 15 is 0 Å². The number of hydrogen-bond acceptors (Lipinski definition) is 1. The van der Waals surface area contributed by atoms with Gasteiger partial charge in [-0.1, -0.05) is 12.1 Å². The zero-order chi connectivity index (χ0) is 23.3. The van der Waals surface area contributed by atoms with Crippen LogP contribution in [0.2, 0.25) is 0 Å². The van der Waals surface area contributed by atoms with Crippen LogP contribution in [0.15, 0.2) is 18.2 Å². The molecular formula is C14H8F14O.